The van der Waals surface area contributed by atoms with Crippen molar-refractivity contribution in [1.82, 2.24) is 5.16 Å². The van der Waals surface area contributed by atoms with Gasteiger partial charge in [-0.15, -0.1) is 0 Å². The molecule has 1 fully saturated rings. The smallest absolute Gasteiger partial charge is 0.196 e. The van der Waals surface area contributed by atoms with Crippen LogP contribution >= 0.6 is 0 Å². The first kappa shape index (κ1) is 18.9. The van der Waals surface area contributed by atoms with E-state index < -0.39 is 0 Å². The van der Waals surface area contributed by atoms with Gasteiger partial charge >= 0.3 is 0 Å². The van der Waals surface area contributed by atoms with Crippen molar-refractivity contribution in [3.63, 3.8) is 0 Å². The molecule has 4 aromatic rings. The van der Waals surface area contributed by atoms with Crippen LogP contribution in [0.15, 0.2) is 59.1 Å². The number of nitrogens with one attached hydrogen (secondary N) is 1. The molecule has 1 N–H and O–H groups in total. The number of aromatic nitrogens is 1. The van der Waals surface area contributed by atoms with Crippen LogP contribution in [0.25, 0.3) is 22.2 Å². The van der Waals surface area contributed by atoms with Crippen LogP contribution in [0, 0.1) is 0 Å². The first-order valence-corrected chi connectivity index (χ1v) is 10.6. The number of hydrogen-bond donors (Lipinski definition) is 1. The second-order valence-electron chi connectivity index (χ2n) is 7.88. The third-order valence-electron chi connectivity index (χ3n) is 6.10. The molecule has 7 nitrogen and oxygen atoms in total. The van der Waals surface area contributed by atoms with E-state index in [-0.39, 0.29) is 5.78 Å². The minimum Gasteiger partial charge on any atom is -0.497 e. The highest BCUT2D eigenvalue weighted by atomic mass is 16.5. The van der Waals surface area contributed by atoms with Crippen molar-refractivity contribution < 1.29 is 18.8 Å². The van der Waals surface area contributed by atoms with E-state index in [9.17, 15) is 4.79 Å². The highest BCUT2D eigenvalue weighted by Crippen LogP contribution is 2.46. The van der Waals surface area contributed by atoms with Gasteiger partial charge in [0.15, 0.2) is 11.5 Å². The van der Waals surface area contributed by atoms with E-state index in [0.717, 1.165) is 46.9 Å². The zero-order valence-corrected chi connectivity index (χ0v) is 17.6. The van der Waals surface area contributed by atoms with Gasteiger partial charge in [0.05, 0.1) is 42.6 Å². The van der Waals surface area contributed by atoms with Gasteiger partial charge in [0.25, 0.3) is 0 Å². The predicted molar refractivity (Wildman–Crippen MR) is 122 cm³/mol. The monoisotopic (exact) mass is 427 g/mol. The van der Waals surface area contributed by atoms with E-state index in [4.69, 9.17) is 14.0 Å². The van der Waals surface area contributed by atoms with Gasteiger partial charge in [-0.2, -0.15) is 0 Å². The van der Waals surface area contributed by atoms with E-state index in [1.807, 2.05) is 54.6 Å². The number of ketones is 1. The highest BCUT2D eigenvalue weighted by molar-refractivity contribution is 6.28. The van der Waals surface area contributed by atoms with Gasteiger partial charge in [-0.3, -0.25) is 4.79 Å². The number of fused-ring (bicyclic) bond motifs is 2. The number of carbonyl (C=O) groups excluding carboxylic acids is 1. The van der Waals surface area contributed by atoms with E-state index in [0.29, 0.717) is 35.6 Å². The average Bonchev–Trinajstić information content (AvgIpc) is 3.29. The number of hydrogen-bond acceptors (Lipinski definition) is 7. The number of anilines is 3. The lowest BCUT2D eigenvalue weighted by Gasteiger charge is -2.30. The molecule has 1 aromatic heterocycles. The first-order valence-electron chi connectivity index (χ1n) is 10.6. The van der Waals surface area contributed by atoms with Crippen molar-refractivity contribution in [2.45, 2.75) is 0 Å². The molecule has 0 saturated carbocycles. The van der Waals surface area contributed by atoms with Crippen molar-refractivity contribution in [2.24, 2.45) is 0 Å². The Balaban J connectivity index is 1.58. The zero-order valence-electron chi connectivity index (χ0n) is 17.6. The third-order valence-corrected chi connectivity index (χ3v) is 6.10. The van der Waals surface area contributed by atoms with Crippen LogP contribution in [0.5, 0.6) is 5.75 Å². The summed E-state index contributed by atoms with van der Waals surface area (Å²) >= 11 is 0. The van der Waals surface area contributed by atoms with Gasteiger partial charge in [-0.1, -0.05) is 29.4 Å². The maximum absolute atomic E-state index is 13.6. The molecule has 2 aliphatic rings. The maximum Gasteiger partial charge on any atom is 0.196 e. The van der Waals surface area contributed by atoms with Crippen LogP contribution in [-0.4, -0.2) is 44.4 Å². The minimum absolute atomic E-state index is 0.0363. The van der Waals surface area contributed by atoms with Crippen LogP contribution in [-0.2, 0) is 4.74 Å². The van der Waals surface area contributed by atoms with Crippen LogP contribution in [0.4, 0.5) is 17.1 Å². The molecular formula is C25H21N3O4. The normalized spacial score (nSPS) is 15.0. The van der Waals surface area contributed by atoms with Crippen molar-refractivity contribution in [2.75, 3.05) is 43.6 Å². The lowest BCUT2D eigenvalue weighted by molar-refractivity contribution is 0.104. The number of methoxy groups -OCH3 is 1. The Kier molecular flexibility index (Phi) is 4.36. The molecule has 6 rings (SSSR count). The number of rotatable bonds is 4. The molecule has 0 spiro atoms. The summed E-state index contributed by atoms with van der Waals surface area (Å²) < 4.78 is 16.6. The molecular weight excluding hydrogens is 406 g/mol. The Labute approximate surface area is 184 Å². The van der Waals surface area contributed by atoms with E-state index in [2.05, 4.69) is 15.4 Å². The largest absolute Gasteiger partial charge is 0.497 e. The number of benzene rings is 3. The van der Waals surface area contributed by atoms with E-state index in [1.54, 1.807) is 7.11 Å². The van der Waals surface area contributed by atoms with Gasteiger partial charge in [0.1, 0.15) is 11.3 Å². The Hall–Kier alpha value is -3.84. The van der Waals surface area contributed by atoms with Crippen molar-refractivity contribution in [1.29, 1.82) is 0 Å². The number of ether oxygens (including phenoxy) is 2. The summed E-state index contributed by atoms with van der Waals surface area (Å²) in [7, 11) is 1.64. The number of carbonyl (C=O) groups is 1. The van der Waals surface area contributed by atoms with Crippen LogP contribution in [0.2, 0.25) is 0 Å². The first-order chi connectivity index (χ1) is 15.7. The summed E-state index contributed by atoms with van der Waals surface area (Å²) in [6.07, 6.45) is 0. The molecule has 160 valence electrons. The molecule has 3 aromatic carbocycles. The fourth-order valence-electron chi connectivity index (χ4n) is 4.52. The summed E-state index contributed by atoms with van der Waals surface area (Å²) in [5, 5.41) is 8.63. The van der Waals surface area contributed by atoms with Gasteiger partial charge in [0.2, 0.25) is 0 Å². The lowest BCUT2D eigenvalue weighted by Crippen LogP contribution is -2.36. The molecule has 32 heavy (non-hydrogen) atoms. The van der Waals surface area contributed by atoms with Gasteiger partial charge < -0.3 is 24.2 Å². The average molecular weight is 427 g/mol. The molecule has 1 saturated heterocycles. The van der Waals surface area contributed by atoms with Crippen LogP contribution in [0.3, 0.4) is 0 Å². The molecule has 1 aliphatic heterocycles. The molecule has 1 aliphatic carbocycles. The van der Waals surface area contributed by atoms with Gasteiger partial charge in [0, 0.05) is 29.9 Å². The van der Waals surface area contributed by atoms with Gasteiger partial charge in [-0.25, -0.2) is 0 Å². The molecule has 0 atom stereocenters. The summed E-state index contributed by atoms with van der Waals surface area (Å²) in [6.45, 7) is 2.81. The quantitative estimate of drug-likeness (QED) is 0.448. The van der Waals surface area contributed by atoms with Crippen molar-refractivity contribution in [3.05, 3.63) is 65.7 Å². The second kappa shape index (κ2) is 7.39. The third kappa shape index (κ3) is 2.85. The molecule has 0 unspecified atom stereocenters. The topological polar surface area (TPSA) is 76.8 Å². The summed E-state index contributed by atoms with van der Waals surface area (Å²) in [6, 6.07) is 17.2. The van der Waals surface area contributed by atoms with Crippen molar-refractivity contribution >= 4 is 33.7 Å². The van der Waals surface area contributed by atoms with Crippen LogP contribution in [0.1, 0.15) is 15.9 Å². The standard InChI is InChI=1S/C25H21N3O4/c1-30-16-8-6-15(7-9-16)26-19-14-20(28-10-12-31-13-11-28)23-22-21(19)24(29)17-4-2-3-5-18(17)25(22)32-27-23/h2-9,14,26H,10-13H2,1H3. The maximum atomic E-state index is 13.6. The van der Waals surface area contributed by atoms with E-state index >= 15 is 0 Å². The number of morpholine rings is 1. The van der Waals surface area contributed by atoms with Crippen LogP contribution < -0.4 is 15.0 Å². The second-order valence-corrected chi connectivity index (χ2v) is 7.88. The zero-order chi connectivity index (χ0) is 21.7. The Morgan fingerprint density at radius 1 is 1.03 bits per heavy atom. The minimum atomic E-state index is -0.0363. The SMILES string of the molecule is COc1ccc(Nc2cc(N3CCOCC3)c3noc4c3c2C(=O)c2ccccc2-4)cc1. The molecule has 0 bridgehead atoms. The summed E-state index contributed by atoms with van der Waals surface area (Å²) in [5.41, 5.74) is 5.22. The fraction of sp³-hybridized carbons (Fsp3) is 0.200. The van der Waals surface area contributed by atoms with E-state index in [1.165, 1.54) is 0 Å². The van der Waals surface area contributed by atoms with Gasteiger partial charge in [-0.05, 0) is 30.3 Å². The highest BCUT2D eigenvalue weighted by Gasteiger charge is 2.33. The Morgan fingerprint density at radius 3 is 2.53 bits per heavy atom. The van der Waals surface area contributed by atoms with Crippen molar-refractivity contribution in [3.8, 4) is 17.1 Å². The number of nitrogens with zero attached hydrogens (tertiary/aromatic N) is 2. The molecule has 0 radical (unpaired) electrons. The fourth-order valence-corrected chi connectivity index (χ4v) is 4.52. The summed E-state index contributed by atoms with van der Waals surface area (Å²) in [5.74, 6) is 1.37. The summed E-state index contributed by atoms with van der Waals surface area (Å²) in [4.78, 5) is 15.9. The molecule has 2 heterocycles. The molecule has 0 amide bonds. The Morgan fingerprint density at radius 2 is 1.78 bits per heavy atom. The predicted octanol–water partition coefficient (Wildman–Crippen LogP) is 4.63. The molecule has 7 heteroatoms. The Bertz CT molecular complexity index is 1340. The lowest BCUT2D eigenvalue weighted by atomic mass is 9.86.